The molecule has 0 aromatic heterocycles. The highest BCUT2D eigenvalue weighted by Crippen LogP contribution is 1.93. The molecule has 11 heavy (non-hydrogen) atoms. The van der Waals surface area contributed by atoms with Crippen LogP contribution in [0.15, 0.2) is 0 Å². The summed E-state index contributed by atoms with van der Waals surface area (Å²) in [6, 6.07) is 1.53. The molecule has 0 spiro atoms. The van der Waals surface area contributed by atoms with Crippen LogP contribution in [-0.4, -0.2) is 25.7 Å². The van der Waals surface area contributed by atoms with E-state index >= 15 is 0 Å². The molecule has 0 rings (SSSR count). The first kappa shape index (κ1) is 10.1. The van der Waals surface area contributed by atoms with Crippen LogP contribution in [0.1, 0.15) is 13.3 Å². The van der Waals surface area contributed by atoms with Crippen LogP contribution in [0.25, 0.3) is 0 Å². The van der Waals surface area contributed by atoms with Crippen LogP contribution in [0.2, 0.25) is 0 Å². The van der Waals surface area contributed by atoms with Crippen LogP contribution >= 0.6 is 0 Å². The molecule has 0 atom stereocenters. The summed E-state index contributed by atoms with van der Waals surface area (Å²) in [6.07, 6.45) is 0.00398. The Labute approximate surface area is 65.7 Å². The number of carbonyl (C=O) groups is 1. The summed E-state index contributed by atoms with van der Waals surface area (Å²) in [7, 11) is -3.31. The second-order valence-electron chi connectivity index (χ2n) is 2.20. The van der Waals surface area contributed by atoms with Crippen molar-refractivity contribution < 1.29 is 13.2 Å². The Hall–Kier alpha value is -0.890. The zero-order valence-electron chi connectivity index (χ0n) is 6.20. The van der Waals surface area contributed by atoms with Crippen LogP contribution in [-0.2, 0) is 14.6 Å². The van der Waals surface area contributed by atoms with Gasteiger partial charge in [0.25, 0.3) is 0 Å². The molecule has 0 saturated heterocycles. The topological polar surface area (TPSA) is 75.0 Å². The molecule has 0 N–H and O–H groups in total. The second-order valence-corrected chi connectivity index (χ2v) is 4.39. The van der Waals surface area contributed by atoms with E-state index in [0.29, 0.717) is 0 Å². The van der Waals surface area contributed by atoms with E-state index in [2.05, 4.69) is 0 Å². The Morgan fingerprint density at radius 2 is 2.09 bits per heavy atom. The molecule has 0 radical (unpaired) electrons. The minimum atomic E-state index is -3.31. The number of nitrogens with zero attached hydrogens (tertiary/aromatic N) is 1. The normalized spacial score (nSPS) is 10.5. The van der Waals surface area contributed by atoms with Crippen molar-refractivity contribution in [3.8, 4) is 6.07 Å². The lowest BCUT2D eigenvalue weighted by Crippen LogP contribution is -2.12. The van der Waals surface area contributed by atoms with Crippen LogP contribution in [0.3, 0.4) is 0 Å². The number of nitriles is 1. The van der Waals surface area contributed by atoms with E-state index in [4.69, 9.17) is 5.26 Å². The van der Waals surface area contributed by atoms with Crippen LogP contribution in [0.4, 0.5) is 0 Å². The molecule has 5 heteroatoms. The lowest BCUT2D eigenvalue weighted by molar-refractivity contribution is -0.116. The molecule has 0 bridgehead atoms. The highest BCUT2D eigenvalue weighted by atomic mass is 32.2. The van der Waals surface area contributed by atoms with Gasteiger partial charge in [0.2, 0.25) is 0 Å². The Morgan fingerprint density at radius 1 is 1.55 bits per heavy atom. The van der Waals surface area contributed by atoms with Crippen molar-refractivity contribution in [2.24, 2.45) is 0 Å². The van der Waals surface area contributed by atoms with Crippen LogP contribution in [0.5, 0.6) is 0 Å². The third-order valence-corrected chi connectivity index (χ3v) is 2.44. The minimum absolute atomic E-state index is 0.00398. The predicted octanol–water partition coefficient (Wildman–Crippen LogP) is -0.0961. The summed E-state index contributed by atoms with van der Waals surface area (Å²) < 4.78 is 21.5. The van der Waals surface area contributed by atoms with Gasteiger partial charge in [-0.15, -0.1) is 0 Å². The van der Waals surface area contributed by atoms with E-state index in [-0.39, 0.29) is 18.0 Å². The second kappa shape index (κ2) is 4.09. The van der Waals surface area contributed by atoms with E-state index in [1.165, 1.54) is 13.0 Å². The lowest BCUT2D eigenvalue weighted by Gasteiger charge is -1.94. The van der Waals surface area contributed by atoms with Gasteiger partial charge in [-0.1, -0.05) is 0 Å². The summed E-state index contributed by atoms with van der Waals surface area (Å²) >= 11 is 0. The van der Waals surface area contributed by atoms with Gasteiger partial charge in [0.05, 0.1) is 11.8 Å². The smallest absolute Gasteiger partial charge is 0.164 e. The van der Waals surface area contributed by atoms with Crippen molar-refractivity contribution in [3.05, 3.63) is 0 Å². The fraction of sp³-hybridized carbons (Fsp3) is 0.667. The number of sulfone groups is 1. The molecular formula is C6H9NO3S. The first-order valence-corrected chi connectivity index (χ1v) is 4.87. The number of rotatable bonds is 4. The number of carbonyl (C=O) groups excluding carboxylic acids is 1. The third kappa shape index (κ3) is 5.55. The largest absolute Gasteiger partial charge is 0.300 e. The van der Waals surface area contributed by atoms with Gasteiger partial charge in [0, 0.05) is 6.42 Å². The van der Waals surface area contributed by atoms with Crippen molar-refractivity contribution in [3.63, 3.8) is 0 Å². The van der Waals surface area contributed by atoms with Crippen molar-refractivity contribution in [1.82, 2.24) is 0 Å². The van der Waals surface area contributed by atoms with E-state index in [1.807, 2.05) is 0 Å². The number of hydrogen-bond donors (Lipinski definition) is 0. The maximum absolute atomic E-state index is 10.8. The lowest BCUT2D eigenvalue weighted by atomic mass is 10.4. The van der Waals surface area contributed by atoms with Crippen LogP contribution in [0, 0.1) is 11.3 Å². The van der Waals surface area contributed by atoms with Gasteiger partial charge in [-0.05, 0) is 6.92 Å². The number of ketones is 1. The van der Waals surface area contributed by atoms with Crippen molar-refractivity contribution >= 4 is 15.6 Å². The summed E-state index contributed by atoms with van der Waals surface area (Å²) in [5, 5.41) is 8.05. The first-order chi connectivity index (χ1) is 4.98. The van der Waals surface area contributed by atoms with Gasteiger partial charge in [-0.3, -0.25) is 4.79 Å². The van der Waals surface area contributed by atoms with Gasteiger partial charge < -0.3 is 0 Å². The third-order valence-electron chi connectivity index (χ3n) is 1.05. The Kier molecular flexibility index (Phi) is 3.76. The van der Waals surface area contributed by atoms with Gasteiger partial charge in [0.1, 0.15) is 11.5 Å². The summed E-state index contributed by atoms with van der Waals surface area (Å²) in [6.45, 7) is 1.32. The summed E-state index contributed by atoms with van der Waals surface area (Å²) in [5.74, 6) is -0.887. The zero-order valence-corrected chi connectivity index (χ0v) is 7.02. The van der Waals surface area contributed by atoms with E-state index in [0.717, 1.165) is 0 Å². The molecule has 0 aliphatic rings. The molecule has 0 aliphatic carbocycles. The molecule has 0 aromatic carbocycles. The molecular weight excluding hydrogens is 166 g/mol. The van der Waals surface area contributed by atoms with Gasteiger partial charge in [-0.2, -0.15) is 5.26 Å². The molecule has 4 nitrogen and oxygen atoms in total. The first-order valence-electron chi connectivity index (χ1n) is 3.05. The summed E-state index contributed by atoms with van der Waals surface area (Å²) in [5.41, 5.74) is 0. The van der Waals surface area contributed by atoms with Crippen LogP contribution < -0.4 is 0 Å². The summed E-state index contributed by atoms with van der Waals surface area (Å²) in [4.78, 5) is 10.3. The van der Waals surface area contributed by atoms with E-state index in [9.17, 15) is 13.2 Å². The number of hydrogen-bond acceptors (Lipinski definition) is 4. The number of Topliss-reactive ketones (excluding diaryl/α,β-unsaturated/α-hetero) is 1. The molecule has 0 unspecified atom stereocenters. The monoisotopic (exact) mass is 175 g/mol. The average Bonchev–Trinajstić information content (AvgIpc) is 1.84. The highest BCUT2D eigenvalue weighted by Gasteiger charge is 2.10. The average molecular weight is 175 g/mol. The molecule has 0 amide bonds. The van der Waals surface area contributed by atoms with E-state index < -0.39 is 15.6 Å². The molecule has 0 aromatic rings. The quantitative estimate of drug-likeness (QED) is 0.598. The Morgan fingerprint density at radius 3 is 2.45 bits per heavy atom. The Bertz CT molecular complexity index is 273. The molecule has 62 valence electrons. The standard InChI is InChI=1S/C6H9NO3S/c1-6(8)2-4-11(9,10)5-3-7/h2,4-5H2,1H3. The predicted molar refractivity (Wildman–Crippen MR) is 39.6 cm³/mol. The van der Waals surface area contributed by atoms with Crippen molar-refractivity contribution in [1.29, 1.82) is 5.26 Å². The van der Waals surface area contributed by atoms with Crippen molar-refractivity contribution in [2.45, 2.75) is 13.3 Å². The molecule has 0 heterocycles. The fourth-order valence-corrected chi connectivity index (χ4v) is 1.41. The highest BCUT2D eigenvalue weighted by molar-refractivity contribution is 7.91. The molecule has 0 fully saturated rings. The maximum Gasteiger partial charge on any atom is 0.164 e. The van der Waals surface area contributed by atoms with Crippen molar-refractivity contribution in [2.75, 3.05) is 11.5 Å². The Balaban J connectivity index is 3.96. The minimum Gasteiger partial charge on any atom is -0.300 e. The van der Waals surface area contributed by atoms with Gasteiger partial charge in [-0.25, -0.2) is 8.42 Å². The van der Waals surface area contributed by atoms with E-state index in [1.54, 1.807) is 0 Å². The van der Waals surface area contributed by atoms with Gasteiger partial charge in [0.15, 0.2) is 9.84 Å². The SMILES string of the molecule is CC(=O)CCS(=O)(=O)CC#N. The van der Waals surface area contributed by atoms with Gasteiger partial charge >= 0.3 is 0 Å². The molecule has 0 aliphatic heterocycles. The fourth-order valence-electron chi connectivity index (χ4n) is 0.470. The zero-order chi connectivity index (χ0) is 8.91. The maximum atomic E-state index is 10.8. The molecule has 0 saturated carbocycles.